The monoisotopic (exact) mass is 372 g/mol. The second kappa shape index (κ2) is 7.22. The Morgan fingerprint density at radius 2 is 1.81 bits per heavy atom. The molecular formula is C21H19ClF2N2. The number of nitrogens with zero attached hydrogens (tertiary/aromatic N) is 2. The number of halogens is 3. The highest BCUT2D eigenvalue weighted by Crippen LogP contribution is 2.33. The summed E-state index contributed by atoms with van der Waals surface area (Å²) in [6.07, 6.45) is 3.10. The van der Waals surface area contributed by atoms with Gasteiger partial charge in [0.05, 0.1) is 11.1 Å². The topological polar surface area (TPSA) is 8.17 Å². The van der Waals surface area contributed by atoms with Gasteiger partial charge < -0.3 is 4.57 Å². The fourth-order valence-corrected chi connectivity index (χ4v) is 3.91. The first-order valence-electron chi connectivity index (χ1n) is 8.70. The molecule has 0 saturated carbocycles. The van der Waals surface area contributed by atoms with E-state index < -0.39 is 5.82 Å². The Hall–Kier alpha value is -2.17. The second-order valence-corrected chi connectivity index (χ2v) is 7.06. The summed E-state index contributed by atoms with van der Waals surface area (Å²) in [5.41, 5.74) is 3.19. The third kappa shape index (κ3) is 3.39. The summed E-state index contributed by atoms with van der Waals surface area (Å²) >= 11 is 5.96. The zero-order chi connectivity index (χ0) is 18.1. The number of aryl methyl sites for hydroxylation is 1. The first kappa shape index (κ1) is 17.3. The van der Waals surface area contributed by atoms with Gasteiger partial charge in [-0.15, -0.1) is 0 Å². The van der Waals surface area contributed by atoms with Crippen molar-refractivity contribution in [3.63, 3.8) is 0 Å². The molecule has 1 aromatic heterocycles. The molecule has 0 bridgehead atoms. The average molecular weight is 373 g/mol. The van der Waals surface area contributed by atoms with Gasteiger partial charge in [0, 0.05) is 31.5 Å². The molecule has 0 N–H and O–H groups in total. The third-order valence-electron chi connectivity index (χ3n) is 4.91. The van der Waals surface area contributed by atoms with Gasteiger partial charge >= 0.3 is 0 Å². The molecule has 2 heterocycles. The lowest BCUT2D eigenvalue weighted by atomic mass is 10.0. The van der Waals surface area contributed by atoms with Crippen LogP contribution in [-0.4, -0.2) is 16.0 Å². The largest absolute Gasteiger partial charge is 0.350 e. The molecule has 4 rings (SSSR count). The van der Waals surface area contributed by atoms with E-state index in [1.807, 2.05) is 18.2 Å². The van der Waals surface area contributed by atoms with Crippen LogP contribution in [0.3, 0.4) is 0 Å². The maximum atomic E-state index is 13.5. The molecule has 0 radical (unpaired) electrons. The van der Waals surface area contributed by atoms with Crippen LogP contribution < -0.4 is 0 Å². The number of hydrogen-bond acceptors (Lipinski definition) is 1. The van der Waals surface area contributed by atoms with E-state index in [0.29, 0.717) is 6.54 Å². The number of aromatic nitrogens is 1. The van der Waals surface area contributed by atoms with E-state index in [2.05, 4.69) is 21.7 Å². The van der Waals surface area contributed by atoms with E-state index in [0.717, 1.165) is 30.6 Å². The predicted octanol–water partition coefficient (Wildman–Crippen LogP) is 5.42. The molecule has 0 spiro atoms. The van der Waals surface area contributed by atoms with Crippen molar-refractivity contribution in [3.8, 4) is 0 Å². The summed E-state index contributed by atoms with van der Waals surface area (Å²) < 4.78 is 29.2. The Kier molecular flexibility index (Phi) is 4.79. The Labute approximate surface area is 156 Å². The van der Waals surface area contributed by atoms with Crippen molar-refractivity contribution >= 4 is 11.6 Å². The second-order valence-electron chi connectivity index (χ2n) is 6.65. The molecule has 0 unspecified atom stereocenters. The summed E-state index contributed by atoms with van der Waals surface area (Å²) in [6.45, 7) is 2.48. The van der Waals surface area contributed by atoms with Gasteiger partial charge in [-0.1, -0.05) is 29.8 Å². The maximum Gasteiger partial charge on any atom is 0.141 e. The lowest BCUT2D eigenvalue weighted by molar-refractivity contribution is 0.220. The van der Waals surface area contributed by atoms with Gasteiger partial charge in [-0.3, -0.25) is 4.90 Å². The fourth-order valence-electron chi connectivity index (χ4n) is 3.71. The van der Waals surface area contributed by atoms with Crippen LogP contribution in [0, 0.1) is 11.6 Å². The zero-order valence-electron chi connectivity index (χ0n) is 14.2. The molecule has 0 amide bonds. The number of hydrogen-bond donors (Lipinski definition) is 0. The molecular weight excluding hydrogens is 354 g/mol. The third-order valence-corrected chi connectivity index (χ3v) is 5.20. The van der Waals surface area contributed by atoms with Crippen LogP contribution in [0.5, 0.6) is 0 Å². The zero-order valence-corrected chi connectivity index (χ0v) is 15.0. The summed E-state index contributed by atoms with van der Waals surface area (Å²) in [5, 5.41) is 0.138. The minimum atomic E-state index is -0.407. The summed E-state index contributed by atoms with van der Waals surface area (Å²) in [5.74, 6) is -0.648. The summed E-state index contributed by atoms with van der Waals surface area (Å²) in [7, 11) is 0. The van der Waals surface area contributed by atoms with E-state index in [1.165, 1.54) is 23.9 Å². The molecule has 3 aromatic rings. The van der Waals surface area contributed by atoms with Crippen LogP contribution in [0.1, 0.15) is 29.3 Å². The van der Waals surface area contributed by atoms with Gasteiger partial charge in [0.25, 0.3) is 0 Å². The molecule has 1 aliphatic rings. The van der Waals surface area contributed by atoms with Crippen LogP contribution in [0.25, 0.3) is 0 Å². The van der Waals surface area contributed by atoms with Crippen LogP contribution in [-0.2, 0) is 13.1 Å². The quantitative estimate of drug-likeness (QED) is 0.596. The van der Waals surface area contributed by atoms with Crippen molar-refractivity contribution in [3.05, 3.63) is 94.3 Å². The molecule has 0 aliphatic carbocycles. The van der Waals surface area contributed by atoms with Gasteiger partial charge in [0.1, 0.15) is 11.6 Å². The summed E-state index contributed by atoms with van der Waals surface area (Å²) in [4.78, 5) is 2.34. The minimum Gasteiger partial charge on any atom is -0.350 e. The first-order valence-corrected chi connectivity index (χ1v) is 9.08. The Balaban J connectivity index is 1.73. The lowest BCUT2D eigenvalue weighted by Gasteiger charge is -2.30. The van der Waals surface area contributed by atoms with Crippen molar-refractivity contribution < 1.29 is 8.78 Å². The Bertz CT molecular complexity index is 905. The maximum absolute atomic E-state index is 13.5. The van der Waals surface area contributed by atoms with Crippen molar-refractivity contribution in [1.82, 2.24) is 9.47 Å². The van der Waals surface area contributed by atoms with Crippen molar-refractivity contribution in [2.75, 3.05) is 6.54 Å². The Morgan fingerprint density at radius 1 is 1.00 bits per heavy atom. The van der Waals surface area contributed by atoms with Crippen molar-refractivity contribution in [2.45, 2.75) is 25.6 Å². The van der Waals surface area contributed by atoms with Gasteiger partial charge in [-0.25, -0.2) is 8.78 Å². The molecule has 26 heavy (non-hydrogen) atoms. The highest BCUT2D eigenvalue weighted by molar-refractivity contribution is 6.30. The number of benzene rings is 2. The molecule has 0 saturated heterocycles. The van der Waals surface area contributed by atoms with Crippen LogP contribution in [0.4, 0.5) is 8.78 Å². The molecule has 134 valence electrons. The van der Waals surface area contributed by atoms with Gasteiger partial charge in [0.2, 0.25) is 0 Å². The average Bonchev–Trinajstić information content (AvgIpc) is 3.01. The van der Waals surface area contributed by atoms with E-state index in [-0.39, 0.29) is 16.9 Å². The summed E-state index contributed by atoms with van der Waals surface area (Å²) in [6, 6.07) is 15.7. The lowest BCUT2D eigenvalue weighted by Crippen LogP contribution is -2.29. The molecule has 2 aromatic carbocycles. The Morgan fingerprint density at radius 3 is 2.58 bits per heavy atom. The van der Waals surface area contributed by atoms with E-state index in [9.17, 15) is 8.78 Å². The highest BCUT2D eigenvalue weighted by Gasteiger charge is 2.27. The van der Waals surface area contributed by atoms with Gasteiger partial charge in [-0.2, -0.15) is 0 Å². The highest BCUT2D eigenvalue weighted by atomic mass is 35.5. The van der Waals surface area contributed by atoms with Gasteiger partial charge in [0.15, 0.2) is 0 Å². The molecule has 1 aliphatic heterocycles. The van der Waals surface area contributed by atoms with Crippen LogP contribution >= 0.6 is 11.6 Å². The van der Waals surface area contributed by atoms with Crippen LogP contribution in [0.2, 0.25) is 5.02 Å². The van der Waals surface area contributed by atoms with Crippen molar-refractivity contribution in [2.24, 2.45) is 0 Å². The number of rotatable bonds is 3. The minimum absolute atomic E-state index is 0.0110. The van der Waals surface area contributed by atoms with E-state index in [1.54, 1.807) is 12.1 Å². The van der Waals surface area contributed by atoms with E-state index in [4.69, 9.17) is 11.6 Å². The van der Waals surface area contributed by atoms with Crippen LogP contribution in [0.15, 0.2) is 60.8 Å². The smallest absolute Gasteiger partial charge is 0.141 e. The first-order chi connectivity index (χ1) is 12.6. The SMILES string of the molecule is Fc1ccc([C@H]2c3cccn3CCCN2Cc2ccc(F)c(Cl)c2)cc1. The molecule has 5 heteroatoms. The molecule has 1 atom stereocenters. The van der Waals surface area contributed by atoms with E-state index >= 15 is 0 Å². The standard InChI is InChI=1S/C21H19ClF2N2/c22-18-13-15(4-9-19(18)24)14-26-12-2-11-25-10-1-3-20(25)21(26)16-5-7-17(23)8-6-16/h1,3-10,13,21H,2,11-12,14H2/t21-/m0/s1. The number of fused-ring (bicyclic) bond motifs is 1. The fraction of sp³-hybridized carbons (Fsp3) is 0.238. The molecule has 2 nitrogen and oxygen atoms in total. The normalized spacial score (nSPS) is 17.7. The molecule has 0 fully saturated rings. The predicted molar refractivity (Wildman–Crippen MR) is 99.1 cm³/mol. The van der Waals surface area contributed by atoms with Crippen molar-refractivity contribution in [1.29, 1.82) is 0 Å². The van der Waals surface area contributed by atoms with Gasteiger partial charge in [-0.05, 0) is 53.9 Å².